The Hall–Kier alpha value is -3.46. The van der Waals surface area contributed by atoms with Gasteiger partial charge in [-0.1, -0.05) is 0 Å². The molecule has 9 nitrogen and oxygen atoms in total. The van der Waals surface area contributed by atoms with Crippen molar-refractivity contribution in [2.24, 2.45) is 0 Å². The number of aryl methyl sites for hydroxylation is 2. The van der Waals surface area contributed by atoms with Crippen molar-refractivity contribution >= 4 is 28.1 Å². The van der Waals surface area contributed by atoms with Gasteiger partial charge in [0.15, 0.2) is 5.65 Å². The van der Waals surface area contributed by atoms with Crippen molar-refractivity contribution in [2.75, 3.05) is 42.6 Å². The van der Waals surface area contributed by atoms with Gasteiger partial charge in [-0.05, 0) is 32.0 Å². The van der Waals surface area contributed by atoms with Crippen LogP contribution in [0.4, 0.5) is 11.5 Å². The average Bonchev–Trinajstić information content (AvgIpc) is 3.15. The maximum atomic E-state index is 12.5. The maximum Gasteiger partial charge on any atom is 0.261 e. The summed E-state index contributed by atoms with van der Waals surface area (Å²) >= 11 is 0. The third-order valence-corrected chi connectivity index (χ3v) is 5.78. The third kappa shape index (κ3) is 3.50. The van der Waals surface area contributed by atoms with E-state index in [-0.39, 0.29) is 18.7 Å². The fourth-order valence-electron chi connectivity index (χ4n) is 4.22. The number of anilines is 2. The van der Waals surface area contributed by atoms with Crippen LogP contribution in [0.5, 0.6) is 0 Å². The number of rotatable bonds is 4. The fourth-order valence-corrected chi connectivity index (χ4v) is 4.22. The van der Waals surface area contributed by atoms with E-state index in [1.165, 1.54) is 10.9 Å². The molecule has 1 fully saturated rings. The van der Waals surface area contributed by atoms with Crippen LogP contribution in [0.2, 0.25) is 0 Å². The predicted octanol–water partition coefficient (Wildman–Crippen LogP) is 1.37. The lowest BCUT2D eigenvalue weighted by molar-refractivity contribution is 0.274. The van der Waals surface area contributed by atoms with Crippen LogP contribution in [-0.2, 0) is 6.54 Å². The number of nitrogens with zero attached hydrogens (tertiary/aromatic N) is 7. The highest BCUT2D eigenvalue weighted by Crippen LogP contribution is 2.24. The SMILES string of the molecule is Cc1cc(N2CCN(c3ccc4c(=O)n(CCO)cnc4c3)CC2)n2nc(C)cc2n1. The quantitative estimate of drug-likeness (QED) is 0.534. The van der Waals surface area contributed by atoms with E-state index in [9.17, 15) is 4.79 Å². The van der Waals surface area contributed by atoms with Crippen LogP contribution >= 0.6 is 0 Å². The molecule has 1 aliphatic rings. The second-order valence-electron chi connectivity index (χ2n) is 7.95. The van der Waals surface area contributed by atoms with Gasteiger partial charge in [0, 0.05) is 49.7 Å². The summed E-state index contributed by atoms with van der Waals surface area (Å²) in [5.41, 5.74) is 4.43. The first-order valence-corrected chi connectivity index (χ1v) is 10.5. The maximum absolute atomic E-state index is 12.5. The molecule has 0 saturated carbocycles. The fraction of sp³-hybridized carbons (Fsp3) is 0.364. The van der Waals surface area contributed by atoms with Crippen LogP contribution in [0.15, 0.2) is 41.5 Å². The van der Waals surface area contributed by atoms with Crippen LogP contribution in [0.1, 0.15) is 11.4 Å². The summed E-state index contributed by atoms with van der Waals surface area (Å²) < 4.78 is 3.37. The van der Waals surface area contributed by atoms with Gasteiger partial charge in [0.2, 0.25) is 0 Å². The molecule has 5 rings (SSSR count). The first kappa shape index (κ1) is 19.5. The monoisotopic (exact) mass is 419 g/mol. The zero-order chi connectivity index (χ0) is 21.5. The second kappa shape index (κ2) is 7.66. The van der Waals surface area contributed by atoms with Crippen LogP contribution in [0, 0.1) is 13.8 Å². The summed E-state index contributed by atoms with van der Waals surface area (Å²) in [6.07, 6.45) is 1.51. The molecule has 0 aliphatic carbocycles. The molecule has 1 aromatic carbocycles. The van der Waals surface area contributed by atoms with E-state index in [4.69, 9.17) is 5.11 Å². The zero-order valence-electron chi connectivity index (χ0n) is 17.7. The van der Waals surface area contributed by atoms with Crippen LogP contribution in [0.3, 0.4) is 0 Å². The minimum Gasteiger partial charge on any atom is -0.395 e. The average molecular weight is 419 g/mol. The van der Waals surface area contributed by atoms with Gasteiger partial charge in [-0.2, -0.15) is 9.61 Å². The molecule has 4 aromatic rings. The first-order valence-electron chi connectivity index (χ1n) is 10.5. The van der Waals surface area contributed by atoms with E-state index >= 15 is 0 Å². The van der Waals surface area contributed by atoms with Crippen LogP contribution in [-0.4, -0.2) is 62.0 Å². The Bertz CT molecular complexity index is 1320. The molecule has 0 spiro atoms. The summed E-state index contributed by atoms with van der Waals surface area (Å²) in [6, 6.07) is 9.88. The normalized spacial score (nSPS) is 14.7. The Morgan fingerprint density at radius 2 is 1.77 bits per heavy atom. The molecule has 0 atom stereocenters. The Morgan fingerprint density at radius 1 is 1.00 bits per heavy atom. The highest BCUT2D eigenvalue weighted by molar-refractivity contribution is 5.81. The number of fused-ring (bicyclic) bond motifs is 2. The van der Waals surface area contributed by atoms with Crippen molar-refractivity contribution in [1.29, 1.82) is 0 Å². The highest BCUT2D eigenvalue weighted by atomic mass is 16.3. The molecule has 3 aromatic heterocycles. The molecule has 0 amide bonds. The van der Waals surface area contributed by atoms with Crippen LogP contribution < -0.4 is 15.4 Å². The Balaban J connectivity index is 1.38. The van der Waals surface area contributed by atoms with Gasteiger partial charge in [-0.15, -0.1) is 0 Å². The Kier molecular flexibility index (Phi) is 4.82. The topological polar surface area (TPSA) is 91.8 Å². The number of benzene rings is 1. The van der Waals surface area contributed by atoms with Gasteiger partial charge in [-0.3, -0.25) is 9.36 Å². The molecule has 1 aliphatic heterocycles. The van der Waals surface area contributed by atoms with E-state index in [2.05, 4.69) is 30.9 Å². The number of hydrogen-bond donors (Lipinski definition) is 1. The summed E-state index contributed by atoms with van der Waals surface area (Å²) in [4.78, 5) is 26.2. The summed E-state index contributed by atoms with van der Waals surface area (Å²) in [5, 5.41) is 14.3. The second-order valence-corrected chi connectivity index (χ2v) is 7.95. The van der Waals surface area contributed by atoms with Gasteiger partial charge < -0.3 is 14.9 Å². The molecular weight excluding hydrogens is 394 g/mol. The lowest BCUT2D eigenvalue weighted by atomic mass is 10.2. The Labute approximate surface area is 179 Å². The first-order chi connectivity index (χ1) is 15.0. The van der Waals surface area contributed by atoms with Gasteiger partial charge >= 0.3 is 0 Å². The molecule has 9 heteroatoms. The van der Waals surface area contributed by atoms with Crippen molar-refractivity contribution in [3.05, 3.63) is 58.4 Å². The molecule has 4 heterocycles. The molecule has 160 valence electrons. The molecular formula is C22H25N7O2. The van der Waals surface area contributed by atoms with Crippen molar-refractivity contribution in [1.82, 2.24) is 24.1 Å². The number of aromatic nitrogens is 5. The number of aliphatic hydroxyl groups excluding tert-OH is 1. The zero-order valence-corrected chi connectivity index (χ0v) is 17.7. The number of hydrogen-bond acceptors (Lipinski definition) is 7. The van der Waals surface area contributed by atoms with E-state index in [1.54, 1.807) is 0 Å². The molecule has 0 unspecified atom stereocenters. The number of aliphatic hydroxyl groups is 1. The Morgan fingerprint density at radius 3 is 2.55 bits per heavy atom. The molecule has 0 bridgehead atoms. The highest BCUT2D eigenvalue weighted by Gasteiger charge is 2.21. The molecule has 1 N–H and O–H groups in total. The van der Waals surface area contributed by atoms with Gasteiger partial charge in [0.05, 0.1) is 36.1 Å². The summed E-state index contributed by atoms with van der Waals surface area (Å²) in [7, 11) is 0. The smallest absolute Gasteiger partial charge is 0.261 e. The lowest BCUT2D eigenvalue weighted by Gasteiger charge is -2.37. The lowest BCUT2D eigenvalue weighted by Crippen LogP contribution is -2.47. The van der Waals surface area contributed by atoms with Crippen molar-refractivity contribution < 1.29 is 5.11 Å². The standard InChI is InChI=1S/C22H25N7O2/c1-15-12-21(29-20(24-15)11-16(2)25-29)27-7-5-26(6-8-27)17-3-4-18-19(13-17)23-14-28(9-10-30)22(18)31/h3-4,11-14,30H,5-10H2,1-2H3. The molecule has 1 saturated heterocycles. The van der Waals surface area contributed by atoms with E-state index in [0.29, 0.717) is 10.9 Å². The summed E-state index contributed by atoms with van der Waals surface area (Å²) in [5.74, 6) is 1.07. The van der Waals surface area contributed by atoms with E-state index in [0.717, 1.165) is 54.7 Å². The minimum atomic E-state index is -0.123. The van der Waals surface area contributed by atoms with Crippen molar-refractivity contribution in [3.63, 3.8) is 0 Å². The van der Waals surface area contributed by atoms with Gasteiger partial charge in [0.1, 0.15) is 5.82 Å². The molecule has 0 radical (unpaired) electrons. The van der Waals surface area contributed by atoms with Crippen LogP contribution in [0.25, 0.3) is 16.6 Å². The van der Waals surface area contributed by atoms with Crippen molar-refractivity contribution in [2.45, 2.75) is 20.4 Å². The van der Waals surface area contributed by atoms with E-state index < -0.39 is 0 Å². The van der Waals surface area contributed by atoms with Crippen molar-refractivity contribution in [3.8, 4) is 0 Å². The third-order valence-electron chi connectivity index (χ3n) is 5.78. The summed E-state index contributed by atoms with van der Waals surface area (Å²) in [6.45, 7) is 7.60. The largest absolute Gasteiger partial charge is 0.395 e. The predicted molar refractivity (Wildman–Crippen MR) is 120 cm³/mol. The molecule has 31 heavy (non-hydrogen) atoms. The minimum absolute atomic E-state index is 0.0864. The van der Waals surface area contributed by atoms with E-state index in [1.807, 2.05) is 42.6 Å². The van der Waals surface area contributed by atoms with Gasteiger partial charge in [0.25, 0.3) is 5.56 Å². The van der Waals surface area contributed by atoms with Gasteiger partial charge in [-0.25, -0.2) is 9.97 Å². The number of piperazine rings is 1.